The van der Waals surface area contributed by atoms with E-state index in [0.717, 1.165) is 0 Å². The SMILES string of the molecule is CC(=O)OCC12C(O)C(O)CC(C)C13OC(C)(C)C(C(OC(=O)c1ccccc1)C2OC(=O)c1ccccc1)C3OC(C)=O. The number of benzene rings is 2. The standard InChI is InChI=1S/C33H38O11/c1-18-16-23(36)26(37)32(17-40-19(2)34)28(43-30(39)22-14-10-7-11-15-22)25(42-29(38)21-12-8-6-9-13-21)24-27(41-20(3)35)33(18,32)44-31(24,4)5/h6-15,18,23-28,36-37H,16-17H2,1-5H3. The molecule has 3 aliphatic rings. The van der Waals surface area contributed by atoms with E-state index < -0.39 is 89.5 Å². The average molecular weight is 611 g/mol. The number of carbonyl (C=O) groups excluding carboxylic acids is 4. The van der Waals surface area contributed by atoms with E-state index in [1.807, 2.05) is 0 Å². The van der Waals surface area contributed by atoms with Crippen LogP contribution in [-0.4, -0.2) is 82.4 Å². The van der Waals surface area contributed by atoms with E-state index in [9.17, 15) is 29.4 Å². The van der Waals surface area contributed by atoms with E-state index >= 15 is 0 Å². The number of fused-ring (bicyclic) bond motifs is 1. The third kappa shape index (κ3) is 4.96. The molecule has 11 heteroatoms. The Balaban J connectivity index is 1.78. The van der Waals surface area contributed by atoms with Gasteiger partial charge in [0.15, 0.2) is 6.10 Å². The molecule has 9 atom stereocenters. The van der Waals surface area contributed by atoms with Gasteiger partial charge in [0.1, 0.15) is 29.8 Å². The summed E-state index contributed by atoms with van der Waals surface area (Å²) in [7, 11) is 0. The molecule has 11 nitrogen and oxygen atoms in total. The summed E-state index contributed by atoms with van der Waals surface area (Å²) in [6.07, 6.45) is -7.20. The Morgan fingerprint density at radius 2 is 1.36 bits per heavy atom. The Labute approximate surface area is 255 Å². The molecule has 9 unspecified atom stereocenters. The van der Waals surface area contributed by atoms with Crippen molar-refractivity contribution in [1.82, 2.24) is 0 Å². The molecule has 44 heavy (non-hydrogen) atoms. The van der Waals surface area contributed by atoms with Crippen LogP contribution in [0.4, 0.5) is 0 Å². The lowest BCUT2D eigenvalue weighted by atomic mass is 9.47. The van der Waals surface area contributed by atoms with Crippen LogP contribution in [0.3, 0.4) is 0 Å². The topological polar surface area (TPSA) is 155 Å². The predicted octanol–water partition coefficient (Wildman–Crippen LogP) is 2.86. The Bertz CT molecular complexity index is 1410. The fourth-order valence-electron chi connectivity index (χ4n) is 7.74. The van der Waals surface area contributed by atoms with Gasteiger partial charge in [0, 0.05) is 13.8 Å². The zero-order chi connectivity index (χ0) is 32.0. The van der Waals surface area contributed by atoms with Crippen molar-refractivity contribution in [2.75, 3.05) is 6.61 Å². The highest BCUT2D eigenvalue weighted by atomic mass is 16.6. The summed E-state index contributed by atoms with van der Waals surface area (Å²) in [4.78, 5) is 52.4. The molecular formula is C33H38O11. The van der Waals surface area contributed by atoms with Crippen LogP contribution < -0.4 is 0 Å². The second-order valence-corrected chi connectivity index (χ2v) is 12.5. The van der Waals surface area contributed by atoms with Gasteiger partial charge in [-0.05, 0) is 50.5 Å². The van der Waals surface area contributed by atoms with Gasteiger partial charge >= 0.3 is 23.9 Å². The van der Waals surface area contributed by atoms with Gasteiger partial charge in [-0.15, -0.1) is 0 Å². The van der Waals surface area contributed by atoms with Crippen molar-refractivity contribution in [3.05, 3.63) is 71.8 Å². The maximum Gasteiger partial charge on any atom is 0.338 e. The van der Waals surface area contributed by atoms with E-state index in [0.29, 0.717) is 0 Å². The van der Waals surface area contributed by atoms with Crippen LogP contribution in [0.25, 0.3) is 0 Å². The molecule has 2 aromatic rings. The molecule has 5 rings (SSSR count). The van der Waals surface area contributed by atoms with Gasteiger partial charge in [-0.2, -0.15) is 0 Å². The number of carbonyl (C=O) groups is 4. The quantitative estimate of drug-likeness (QED) is 0.351. The molecule has 1 aliphatic heterocycles. The maximum atomic E-state index is 13.8. The minimum atomic E-state index is -1.97. The molecule has 0 amide bonds. The van der Waals surface area contributed by atoms with Gasteiger partial charge in [0.25, 0.3) is 0 Å². The van der Waals surface area contributed by atoms with Gasteiger partial charge in [-0.1, -0.05) is 43.3 Å². The predicted molar refractivity (Wildman–Crippen MR) is 153 cm³/mol. The molecule has 2 saturated carbocycles. The Morgan fingerprint density at radius 1 is 0.818 bits per heavy atom. The molecule has 1 spiro atoms. The van der Waals surface area contributed by atoms with Crippen LogP contribution in [0.2, 0.25) is 0 Å². The van der Waals surface area contributed by atoms with E-state index in [4.69, 9.17) is 23.7 Å². The number of esters is 4. The average Bonchev–Trinajstić information content (AvgIpc) is 3.17. The van der Waals surface area contributed by atoms with Gasteiger partial charge in [0.2, 0.25) is 0 Å². The van der Waals surface area contributed by atoms with Crippen molar-refractivity contribution in [2.45, 2.75) is 82.8 Å². The molecule has 2 aromatic carbocycles. The van der Waals surface area contributed by atoms with Crippen LogP contribution in [0.1, 0.15) is 61.8 Å². The third-order valence-electron chi connectivity index (χ3n) is 9.39. The Kier molecular flexibility index (Phi) is 8.34. The lowest BCUT2D eigenvalue weighted by molar-refractivity contribution is -0.326. The number of aliphatic hydroxyl groups excluding tert-OH is 2. The summed E-state index contributed by atoms with van der Waals surface area (Å²) < 4.78 is 30.8. The number of hydrogen-bond acceptors (Lipinski definition) is 11. The fourth-order valence-corrected chi connectivity index (χ4v) is 7.74. The zero-order valence-corrected chi connectivity index (χ0v) is 25.3. The monoisotopic (exact) mass is 610 g/mol. The minimum absolute atomic E-state index is 0.0252. The number of aliphatic hydroxyl groups is 2. The molecule has 2 N–H and O–H groups in total. The molecular weight excluding hydrogens is 572 g/mol. The number of hydrogen-bond donors (Lipinski definition) is 2. The summed E-state index contributed by atoms with van der Waals surface area (Å²) in [5, 5.41) is 23.3. The minimum Gasteiger partial charge on any atom is -0.465 e. The lowest BCUT2D eigenvalue weighted by Gasteiger charge is -2.63. The number of ether oxygens (including phenoxy) is 5. The molecule has 1 saturated heterocycles. The smallest absolute Gasteiger partial charge is 0.338 e. The van der Waals surface area contributed by atoms with Gasteiger partial charge in [-0.3, -0.25) is 9.59 Å². The summed E-state index contributed by atoms with van der Waals surface area (Å²) in [6, 6.07) is 16.2. The largest absolute Gasteiger partial charge is 0.465 e. The highest BCUT2D eigenvalue weighted by Gasteiger charge is 2.84. The first-order chi connectivity index (χ1) is 20.8. The second kappa shape index (κ2) is 11.6. The van der Waals surface area contributed by atoms with Crippen molar-refractivity contribution in [3.63, 3.8) is 0 Å². The van der Waals surface area contributed by atoms with Crippen LogP contribution in [0.5, 0.6) is 0 Å². The molecule has 2 aliphatic carbocycles. The van der Waals surface area contributed by atoms with E-state index in [1.165, 1.54) is 26.0 Å². The molecule has 236 valence electrons. The molecule has 3 fully saturated rings. The van der Waals surface area contributed by atoms with Gasteiger partial charge < -0.3 is 33.9 Å². The van der Waals surface area contributed by atoms with Crippen LogP contribution >= 0.6 is 0 Å². The summed E-state index contributed by atoms with van der Waals surface area (Å²) in [6.45, 7) is 7.01. The molecule has 1 heterocycles. The van der Waals surface area contributed by atoms with Crippen molar-refractivity contribution in [2.24, 2.45) is 17.3 Å². The van der Waals surface area contributed by atoms with Crippen LogP contribution in [0, 0.1) is 17.3 Å². The highest BCUT2D eigenvalue weighted by Crippen LogP contribution is 2.68. The van der Waals surface area contributed by atoms with Gasteiger partial charge in [-0.25, -0.2) is 9.59 Å². The first kappa shape index (κ1) is 31.6. The molecule has 0 radical (unpaired) electrons. The van der Waals surface area contributed by atoms with Crippen molar-refractivity contribution in [1.29, 1.82) is 0 Å². The van der Waals surface area contributed by atoms with Crippen molar-refractivity contribution >= 4 is 23.9 Å². The first-order valence-corrected chi connectivity index (χ1v) is 14.6. The van der Waals surface area contributed by atoms with Crippen LogP contribution in [0.15, 0.2) is 60.7 Å². The second-order valence-electron chi connectivity index (χ2n) is 12.5. The first-order valence-electron chi connectivity index (χ1n) is 14.6. The highest BCUT2D eigenvalue weighted by molar-refractivity contribution is 5.90. The normalized spacial score (nSPS) is 35.1. The third-order valence-corrected chi connectivity index (χ3v) is 9.39. The van der Waals surface area contributed by atoms with Crippen LogP contribution in [-0.2, 0) is 33.3 Å². The molecule has 0 aromatic heterocycles. The number of rotatable bonds is 7. The lowest BCUT2D eigenvalue weighted by Crippen LogP contribution is -2.80. The summed E-state index contributed by atoms with van der Waals surface area (Å²) in [5.41, 5.74) is -4.45. The molecule has 2 bridgehead atoms. The van der Waals surface area contributed by atoms with Crippen molar-refractivity contribution in [3.8, 4) is 0 Å². The maximum absolute atomic E-state index is 13.8. The van der Waals surface area contributed by atoms with Crippen molar-refractivity contribution < 1.29 is 53.1 Å². The van der Waals surface area contributed by atoms with E-state index in [1.54, 1.807) is 69.3 Å². The Morgan fingerprint density at radius 3 is 1.89 bits per heavy atom. The van der Waals surface area contributed by atoms with E-state index in [-0.39, 0.29) is 17.5 Å². The fraction of sp³-hybridized carbons (Fsp3) is 0.515. The van der Waals surface area contributed by atoms with E-state index in [2.05, 4.69) is 0 Å². The van der Waals surface area contributed by atoms with Gasteiger partial charge in [0.05, 0.1) is 34.9 Å². The Hall–Kier alpha value is -3.80. The zero-order valence-electron chi connectivity index (χ0n) is 25.3. The summed E-state index contributed by atoms with van der Waals surface area (Å²) in [5.74, 6) is -4.50. The summed E-state index contributed by atoms with van der Waals surface area (Å²) >= 11 is 0.